The Morgan fingerprint density at radius 3 is 2.34 bits per heavy atom. The van der Waals surface area contributed by atoms with Crippen LogP contribution in [0.1, 0.15) is 38.3 Å². The largest absolute Gasteiger partial charge is 0.478 e. The smallest absolute Gasteiger partial charge is 0.416 e. The number of fused-ring (bicyclic) bond motifs is 1. The topological polar surface area (TPSA) is 140 Å². The molecular formula is C33H31F3N6O5. The summed E-state index contributed by atoms with van der Waals surface area (Å²) in [5.41, 5.74) is 2.56. The fraction of sp³-hybridized carbons (Fsp3) is 0.242. The van der Waals surface area contributed by atoms with Crippen molar-refractivity contribution < 1.29 is 37.8 Å². The number of aromatic nitrogens is 3. The summed E-state index contributed by atoms with van der Waals surface area (Å²) in [7, 11) is 2.00. The van der Waals surface area contributed by atoms with Crippen LogP contribution in [-0.4, -0.2) is 85.7 Å². The zero-order chi connectivity index (χ0) is 34.1. The number of carbonyl (C=O) groups is 3. The summed E-state index contributed by atoms with van der Waals surface area (Å²) in [6.45, 7) is 5.12. The van der Waals surface area contributed by atoms with E-state index in [-0.39, 0.29) is 23.4 Å². The first kappa shape index (κ1) is 34.4. The summed E-state index contributed by atoms with van der Waals surface area (Å²) < 4.78 is 43.4. The SMILES string of the molecule is Cc1ccc(C(=O)Nc2ccc(CN3CCN(C)CC3)c(C(F)(F)F)c2)cc1C#Cc1cnc2cccnn12.O=C(O)/C=C/C(=O)O. The third kappa shape index (κ3) is 9.73. The predicted octanol–water partition coefficient (Wildman–Crippen LogP) is 4.17. The Bertz CT molecular complexity index is 1850. The number of imidazole rings is 1. The quantitative estimate of drug-likeness (QED) is 0.208. The van der Waals surface area contributed by atoms with Crippen LogP contribution >= 0.6 is 0 Å². The normalized spacial score (nSPS) is 13.8. The maximum absolute atomic E-state index is 13.9. The number of nitrogens with zero attached hydrogens (tertiary/aromatic N) is 5. The van der Waals surface area contributed by atoms with E-state index in [1.807, 2.05) is 24.9 Å². The molecule has 3 heterocycles. The molecule has 0 bridgehead atoms. The minimum atomic E-state index is -4.54. The van der Waals surface area contributed by atoms with Gasteiger partial charge in [0.1, 0.15) is 5.69 Å². The minimum absolute atomic E-state index is 0.0828. The Balaban J connectivity index is 0.000000555. The number of rotatable bonds is 6. The first-order valence-corrected chi connectivity index (χ1v) is 14.3. The molecule has 11 nitrogen and oxygen atoms in total. The van der Waals surface area contributed by atoms with Crippen molar-refractivity contribution in [2.75, 3.05) is 38.5 Å². The van der Waals surface area contributed by atoms with E-state index in [0.29, 0.717) is 42.1 Å². The van der Waals surface area contributed by atoms with E-state index in [4.69, 9.17) is 10.2 Å². The molecule has 244 valence electrons. The van der Waals surface area contributed by atoms with E-state index < -0.39 is 29.6 Å². The van der Waals surface area contributed by atoms with E-state index in [1.165, 1.54) is 12.1 Å². The highest BCUT2D eigenvalue weighted by Gasteiger charge is 2.34. The number of carboxylic acids is 2. The molecule has 0 aliphatic carbocycles. The summed E-state index contributed by atoms with van der Waals surface area (Å²) in [5.74, 6) is 3.06. The van der Waals surface area contributed by atoms with Crippen LogP contribution < -0.4 is 5.32 Å². The van der Waals surface area contributed by atoms with Gasteiger partial charge in [0.2, 0.25) is 0 Å². The second kappa shape index (κ2) is 15.2. The van der Waals surface area contributed by atoms with Gasteiger partial charge in [-0.05, 0) is 67.4 Å². The van der Waals surface area contributed by atoms with Gasteiger partial charge < -0.3 is 20.4 Å². The number of hydrogen-bond donors (Lipinski definition) is 3. The molecule has 0 unspecified atom stereocenters. The first-order valence-electron chi connectivity index (χ1n) is 14.3. The molecule has 14 heteroatoms. The Hall–Kier alpha value is -5.52. The maximum atomic E-state index is 13.9. The van der Waals surface area contributed by atoms with Crippen LogP contribution in [0.5, 0.6) is 0 Å². The number of aliphatic carboxylic acids is 2. The third-order valence-electron chi connectivity index (χ3n) is 7.13. The standard InChI is InChI=1S/C29H27F3N6O.C4H4O4/c1-20-5-6-22(16-21(20)8-10-25-18-33-27-4-3-11-34-38(25)27)28(39)35-24-9-7-23(26(17-24)29(30,31)32)19-37-14-12-36(2)13-15-37;5-3(6)1-2-4(7)8/h3-7,9,11,16-18H,12-15,19H2,1-2H3,(H,35,39);1-2H,(H,5,6)(H,7,8)/b;2-1+. The van der Waals surface area contributed by atoms with Crippen LogP contribution in [-0.2, 0) is 22.3 Å². The number of aryl methyl sites for hydroxylation is 1. The van der Waals surface area contributed by atoms with Gasteiger partial charge >= 0.3 is 18.1 Å². The minimum Gasteiger partial charge on any atom is -0.478 e. The summed E-state index contributed by atoms with van der Waals surface area (Å²) >= 11 is 0. The Morgan fingerprint density at radius 1 is 0.979 bits per heavy atom. The summed E-state index contributed by atoms with van der Waals surface area (Å²) in [4.78, 5) is 40.5. The van der Waals surface area contributed by atoms with Gasteiger partial charge in [0.25, 0.3) is 5.91 Å². The predicted molar refractivity (Wildman–Crippen MR) is 167 cm³/mol. The number of likely N-dealkylation sites (N-methyl/N-ethyl adjacent to an activating group) is 1. The van der Waals surface area contributed by atoms with E-state index in [2.05, 4.69) is 32.1 Å². The molecule has 1 aliphatic heterocycles. The number of amides is 1. The second-order valence-electron chi connectivity index (χ2n) is 10.6. The Kier molecular flexibility index (Phi) is 11.1. The monoisotopic (exact) mass is 648 g/mol. The Morgan fingerprint density at radius 2 is 1.68 bits per heavy atom. The number of halogens is 3. The van der Waals surface area contributed by atoms with Crippen LogP contribution in [0.3, 0.4) is 0 Å². The molecule has 1 saturated heterocycles. The van der Waals surface area contributed by atoms with Crippen molar-refractivity contribution in [1.29, 1.82) is 0 Å². The molecular weight excluding hydrogens is 617 g/mol. The van der Waals surface area contributed by atoms with Crippen LogP contribution in [0.25, 0.3) is 5.65 Å². The second-order valence-corrected chi connectivity index (χ2v) is 10.6. The van der Waals surface area contributed by atoms with E-state index in [0.717, 1.165) is 24.7 Å². The number of carbonyl (C=O) groups excluding carboxylic acids is 1. The number of carboxylic acid groups (broad SMARTS) is 2. The lowest BCUT2D eigenvalue weighted by molar-refractivity contribution is -0.138. The van der Waals surface area contributed by atoms with Gasteiger partial charge in [-0.1, -0.05) is 18.1 Å². The van der Waals surface area contributed by atoms with Crippen LogP contribution in [0.2, 0.25) is 0 Å². The van der Waals surface area contributed by atoms with E-state index in [1.54, 1.807) is 41.2 Å². The number of hydrogen-bond acceptors (Lipinski definition) is 7. The van der Waals surface area contributed by atoms with Crippen LogP contribution in [0.4, 0.5) is 18.9 Å². The average molecular weight is 649 g/mol. The first-order chi connectivity index (χ1) is 22.3. The molecule has 0 spiro atoms. The number of piperazine rings is 1. The fourth-order valence-corrected chi connectivity index (χ4v) is 4.59. The van der Waals surface area contributed by atoms with Crippen molar-refractivity contribution in [3.05, 3.63) is 107 Å². The van der Waals surface area contributed by atoms with Crippen LogP contribution in [0.15, 0.2) is 73.1 Å². The molecule has 4 aromatic rings. The highest BCUT2D eigenvalue weighted by atomic mass is 19.4. The van der Waals surface area contributed by atoms with Gasteiger partial charge in [0.15, 0.2) is 5.65 Å². The fourth-order valence-electron chi connectivity index (χ4n) is 4.59. The summed E-state index contributed by atoms with van der Waals surface area (Å²) in [6.07, 6.45) is -0.168. The van der Waals surface area contributed by atoms with Crippen molar-refractivity contribution >= 4 is 29.2 Å². The van der Waals surface area contributed by atoms with Crippen molar-refractivity contribution in [3.63, 3.8) is 0 Å². The molecule has 0 atom stereocenters. The summed E-state index contributed by atoms with van der Waals surface area (Å²) in [5, 5.41) is 22.5. The molecule has 47 heavy (non-hydrogen) atoms. The van der Waals surface area contributed by atoms with Gasteiger partial charge in [0, 0.05) is 67.9 Å². The van der Waals surface area contributed by atoms with Gasteiger partial charge in [-0.2, -0.15) is 18.3 Å². The molecule has 2 aromatic heterocycles. The van der Waals surface area contributed by atoms with E-state index in [9.17, 15) is 27.6 Å². The molecule has 0 radical (unpaired) electrons. The zero-order valence-electron chi connectivity index (χ0n) is 25.5. The maximum Gasteiger partial charge on any atom is 0.416 e. The highest BCUT2D eigenvalue weighted by Crippen LogP contribution is 2.34. The van der Waals surface area contributed by atoms with Crippen molar-refractivity contribution in [2.45, 2.75) is 19.6 Å². The third-order valence-corrected chi connectivity index (χ3v) is 7.13. The molecule has 1 aliphatic rings. The number of anilines is 1. The van der Waals surface area contributed by atoms with Crippen molar-refractivity contribution in [3.8, 4) is 11.8 Å². The van der Waals surface area contributed by atoms with Gasteiger partial charge in [-0.3, -0.25) is 9.69 Å². The molecule has 3 N–H and O–H groups in total. The zero-order valence-corrected chi connectivity index (χ0v) is 25.5. The van der Waals surface area contributed by atoms with Gasteiger partial charge in [-0.15, -0.1) is 0 Å². The van der Waals surface area contributed by atoms with Crippen LogP contribution in [0, 0.1) is 18.8 Å². The van der Waals surface area contributed by atoms with E-state index >= 15 is 0 Å². The molecule has 0 saturated carbocycles. The van der Waals surface area contributed by atoms with Crippen molar-refractivity contribution in [1.82, 2.24) is 24.4 Å². The molecule has 1 amide bonds. The lowest BCUT2D eigenvalue weighted by Crippen LogP contribution is -2.44. The number of alkyl halides is 3. The Labute approximate surface area is 267 Å². The van der Waals surface area contributed by atoms with Gasteiger partial charge in [-0.25, -0.2) is 19.1 Å². The lowest BCUT2D eigenvalue weighted by atomic mass is 10.0. The number of nitrogens with one attached hydrogen (secondary N) is 1. The lowest BCUT2D eigenvalue weighted by Gasteiger charge is -2.33. The number of benzene rings is 2. The van der Waals surface area contributed by atoms with Crippen molar-refractivity contribution in [2.24, 2.45) is 0 Å². The molecule has 5 rings (SSSR count). The highest BCUT2D eigenvalue weighted by molar-refractivity contribution is 6.04. The molecule has 2 aromatic carbocycles. The van der Waals surface area contributed by atoms with Gasteiger partial charge in [0.05, 0.1) is 11.8 Å². The average Bonchev–Trinajstić information content (AvgIpc) is 3.44. The molecule has 1 fully saturated rings. The summed E-state index contributed by atoms with van der Waals surface area (Å²) in [6, 6.07) is 12.6.